The van der Waals surface area contributed by atoms with Gasteiger partial charge in [-0.05, 0) is 12.5 Å². The normalized spacial score (nSPS) is 10.2. The van der Waals surface area contributed by atoms with Crippen molar-refractivity contribution in [1.82, 2.24) is 10.3 Å². The number of carbonyl (C=O) groups excluding carboxylic acids is 1. The number of para-hydroxylation sites is 1. The maximum atomic E-state index is 12.1. The van der Waals surface area contributed by atoms with Gasteiger partial charge in [-0.25, -0.2) is 4.98 Å². The summed E-state index contributed by atoms with van der Waals surface area (Å²) in [5.41, 5.74) is 0.866. The summed E-state index contributed by atoms with van der Waals surface area (Å²) in [6, 6.07) is 5.58. The Morgan fingerprint density at radius 3 is 2.76 bits per heavy atom. The van der Waals surface area contributed by atoms with Gasteiger partial charge < -0.3 is 14.8 Å². The topological polar surface area (TPSA) is 60.5 Å². The standard InChI is InChI=1S/C15H18N2O3S/c1-4-13-16-9-12(21-13)15(18)17-8-10-6-5-7-11(19-2)14(10)20-3/h5-7,9H,4,8H2,1-3H3,(H,17,18). The number of aryl methyl sites for hydroxylation is 1. The van der Waals surface area contributed by atoms with Crippen LogP contribution in [0.3, 0.4) is 0 Å². The zero-order valence-corrected chi connectivity index (χ0v) is 13.1. The second-order valence-electron chi connectivity index (χ2n) is 4.31. The highest BCUT2D eigenvalue weighted by Crippen LogP contribution is 2.30. The first-order chi connectivity index (χ1) is 10.2. The number of thiazole rings is 1. The molecule has 1 aromatic carbocycles. The molecule has 112 valence electrons. The van der Waals surface area contributed by atoms with Crippen molar-refractivity contribution in [2.45, 2.75) is 19.9 Å². The van der Waals surface area contributed by atoms with Crippen LogP contribution in [0.15, 0.2) is 24.4 Å². The van der Waals surface area contributed by atoms with Crippen molar-refractivity contribution in [3.8, 4) is 11.5 Å². The first kappa shape index (κ1) is 15.3. The minimum absolute atomic E-state index is 0.128. The van der Waals surface area contributed by atoms with Gasteiger partial charge in [0.15, 0.2) is 11.5 Å². The van der Waals surface area contributed by atoms with Crippen LogP contribution < -0.4 is 14.8 Å². The monoisotopic (exact) mass is 306 g/mol. The highest BCUT2D eigenvalue weighted by molar-refractivity contribution is 7.13. The zero-order chi connectivity index (χ0) is 15.2. The van der Waals surface area contributed by atoms with E-state index in [1.165, 1.54) is 11.3 Å². The summed E-state index contributed by atoms with van der Waals surface area (Å²) in [7, 11) is 3.17. The van der Waals surface area contributed by atoms with Gasteiger partial charge in [-0.1, -0.05) is 19.1 Å². The fraction of sp³-hybridized carbons (Fsp3) is 0.333. The highest BCUT2D eigenvalue weighted by atomic mass is 32.1. The molecule has 0 aliphatic carbocycles. The minimum atomic E-state index is -0.128. The average molecular weight is 306 g/mol. The third-order valence-corrected chi connectivity index (χ3v) is 4.14. The second-order valence-corrected chi connectivity index (χ2v) is 5.42. The summed E-state index contributed by atoms with van der Waals surface area (Å²) >= 11 is 1.41. The van der Waals surface area contributed by atoms with Crippen molar-refractivity contribution < 1.29 is 14.3 Å². The van der Waals surface area contributed by atoms with Crippen molar-refractivity contribution in [2.75, 3.05) is 14.2 Å². The van der Waals surface area contributed by atoms with Crippen molar-refractivity contribution in [2.24, 2.45) is 0 Å². The van der Waals surface area contributed by atoms with Gasteiger partial charge in [0.05, 0.1) is 25.4 Å². The van der Waals surface area contributed by atoms with Crippen molar-refractivity contribution in [3.63, 3.8) is 0 Å². The van der Waals surface area contributed by atoms with Gasteiger partial charge >= 0.3 is 0 Å². The number of carbonyl (C=O) groups is 1. The van der Waals surface area contributed by atoms with Gasteiger partial charge in [0.1, 0.15) is 4.88 Å². The lowest BCUT2D eigenvalue weighted by molar-refractivity contribution is 0.0954. The fourth-order valence-electron chi connectivity index (χ4n) is 1.93. The molecule has 0 saturated heterocycles. The lowest BCUT2D eigenvalue weighted by Gasteiger charge is -2.12. The van der Waals surface area contributed by atoms with E-state index in [0.717, 1.165) is 17.0 Å². The van der Waals surface area contributed by atoms with E-state index in [4.69, 9.17) is 9.47 Å². The predicted molar refractivity (Wildman–Crippen MR) is 82.2 cm³/mol. The minimum Gasteiger partial charge on any atom is -0.493 e. The lowest BCUT2D eigenvalue weighted by Crippen LogP contribution is -2.22. The predicted octanol–water partition coefficient (Wildman–Crippen LogP) is 2.65. The molecule has 0 spiro atoms. The van der Waals surface area contributed by atoms with Crippen LogP contribution in [0.2, 0.25) is 0 Å². The number of benzene rings is 1. The highest BCUT2D eigenvalue weighted by Gasteiger charge is 2.13. The fourth-order valence-corrected chi connectivity index (χ4v) is 2.71. The molecule has 6 heteroatoms. The molecule has 2 aromatic rings. The quantitative estimate of drug-likeness (QED) is 0.891. The first-order valence-corrected chi connectivity index (χ1v) is 7.44. The Morgan fingerprint density at radius 2 is 2.14 bits per heavy atom. The molecule has 0 aliphatic heterocycles. The first-order valence-electron chi connectivity index (χ1n) is 6.62. The molecule has 0 atom stereocenters. The Morgan fingerprint density at radius 1 is 1.33 bits per heavy atom. The smallest absolute Gasteiger partial charge is 0.263 e. The second kappa shape index (κ2) is 7.08. The molecule has 1 aromatic heterocycles. The summed E-state index contributed by atoms with van der Waals surface area (Å²) in [6.45, 7) is 2.39. The largest absolute Gasteiger partial charge is 0.493 e. The van der Waals surface area contributed by atoms with E-state index in [-0.39, 0.29) is 5.91 Å². The van der Waals surface area contributed by atoms with Gasteiger partial charge in [-0.3, -0.25) is 4.79 Å². The summed E-state index contributed by atoms with van der Waals surface area (Å²) in [5, 5.41) is 3.83. The lowest BCUT2D eigenvalue weighted by atomic mass is 10.2. The molecule has 2 rings (SSSR count). The van der Waals surface area contributed by atoms with Crippen LogP contribution in [0.4, 0.5) is 0 Å². The molecular formula is C15H18N2O3S. The van der Waals surface area contributed by atoms with Crippen molar-refractivity contribution >= 4 is 17.2 Å². The van der Waals surface area contributed by atoms with Crippen LogP contribution in [-0.4, -0.2) is 25.1 Å². The summed E-state index contributed by atoms with van der Waals surface area (Å²) in [4.78, 5) is 16.9. The van der Waals surface area contributed by atoms with Crippen LogP contribution in [0.25, 0.3) is 0 Å². The Labute approximate surface area is 127 Å². The number of nitrogens with one attached hydrogen (secondary N) is 1. The number of amides is 1. The van der Waals surface area contributed by atoms with Crippen LogP contribution in [0.1, 0.15) is 27.2 Å². The van der Waals surface area contributed by atoms with Crippen LogP contribution in [0.5, 0.6) is 11.5 Å². The molecule has 0 bridgehead atoms. The molecule has 5 nitrogen and oxygen atoms in total. The van der Waals surface area contributed by atoms with Crippen LogP contribution in [-0.2, 0) is 13.0 Å². The Kier molecular flexibility index (Phi) is 5.16. The van der Waals surface area contributed by atoms with E-state index < -0.39 is 0 Å². The van der Waals surface area contributed by atoms with Crippen LogP contribution >= 0.6 is 11.3 Å². The molecule has 0 radical (unpaired) electrons. The summed E-state index contributed by atoms with van der Waals surface area (Å²) < 4.78 is 10.6. The number of methoxy groups -OCH3 is 2. The maximum absolute atomic E-state index is 12.1. The SMILES string of the molecule is CCc1ncc(C(=O)NCc2cccc(OC)c2OC)s1. The number of rotatable bonds is 6. The molecule has 1 heterocycles. The molecule has 0 aliphatic rings. The maximum Gasteiger partial charge on any atom is 0.263 e. The summed E-state index contributed by atoms with van der Waals surface area (Å²) in [5.74, 6) is 1.16. The van der Waals surface area contributed by atoms with Crippen LogP contribution in [0, 0.1) is 0 Å². The van der Waals surface area contributed by atoms with Gasteiger partial charge in [0.2, 0.25) is 0 Å². The Bertz CT molecular complexity index is 625. The van der Waals surface area contributed by atoms with Gasteiger partial charge in [-0.15, -0.1) is 11.3 Å². The number of nitrogens with zero attached hydrogens (tertiary/aromatic N) is 1. The third-order valence-electron chi connectivity index (χ3n) is 3.00. The third kappa shape index (κ3) is 3.52. The van der Waals surface area contributed by atoms with Gasteiger partial charge in [0.25, 0.3) is 5.91 Å². The molecule has 21 heavy (non-hydrogen) atoms. The Balaban J connectivity index is 2.07. The molecule has 0 unspecified atom stereocenters. The van der Waals surface area contributed by atoms with E-state index >= 15 is 0 Å². The molecule has 0 fully saturated rings. The molecular weight excluding hydrogens is 288 g/mol. The molecule has 1 N–H and O–H groups in total. The van der Waals surface area contributed by atoms with Gasteiger partial charge in [-0.2, -0.15) is 0 Å². The molecule has 1 amide bonds. The summed E-state index contributed by atoms with van der Waals surface area (Å²) in [6.07, 6.45) is 2.45. The number of hydrogen-bond acceptors (Lipinski definition) is 5. The average Bonchev–Trinajstić information content (AvgIpc) is 3.01. The number of aromatic nitrogens is 1. The molecule has 0 saturated carbocycles. The van der Waals surface area contributed by atoms with E-state index in [2.05, 4.69) is 10.3 Å². The van der Waals surface area contributed by atoms with Crippen molar-refractivity contribution in [3.05, 3.63) is 39.8 Å². The number of ether oxygens (including phenoxy) is 2. The van der Waals surface area contributed by atoms with Crippen molar-refractivity contribution in [1.29, 1.82) is 0 Å². The Hall–Kier alpha value is -2.08. The number of hydrogen-bond donors (Lipinski definition) is 1. The van der Waals surface area contributed by atoms with Gasteiger partial charge in [0, 0.05) is 12.1 Å². The van der Waals surface area contributed by atoms with E-state index in [9.17, 15) is 4.79 Å². The van der Waals surface area contributed by atoms with E-state index in [0.29, 0.717) is 22.9 Å². The zero-order valence-electron chi connectivity index (χ0n) is 12.3. The van der Waals surface area contributed by atoms with E-state index in [1.807, 2.05) is 25.1 Å². The van der Waals surface area contributed by atoms with E-state index in [1.54, 1.807) is 20.4 Å².